The number of rotatable bonds is 8. The number of nitrogens with two attached hydrogens (primary N) is 1. The van der Waals surface area contributed by atoms with Crippen molar-refractivity contribution in [2.45, 2.75) is 13.0 Å². The van der Waals surface area contributed by atoms with Crippen LogP contribution in [0, 0.1) is 0 Å². The molecule has 0 atom stereocenters. The summed E-state index contributed by atoms with van der Waals surface area (Å²) in [5, 5.41) is 0. The van der Waals surface area contributed by atoms with Gasteiger partial charge in [0.05, 0.1) is 14.2 Å². The minimum atomic E-state index is -0.0653. The van der Waals surface area contributed by atoms with Gasteiger partial charge in [-0.25, -0.2) is 0 Å². The van der Waals surface area contributed by atoms with E-state index >= 15 is 0 Å². The highest BCUT2D eigenvalue weighted by Crippen LogP contribution is 2.24. The zero-order valence-corrected chi connectivity index (χ0v) is 14.2. The molecular weight excluding hydrogens is 304 g/mol. The lowest BCUT2D eigenvalue weighted by Gasteiger charge is -2.23. The predicted molar refractivity (Wildman–Crippen MR) is 94.4 cm³/mol. The maximum absolute atomic E-state index is 13.0. The van der Waals surface area contributed by atoms with Crippen molar-refractivity contribution < 1.29 is 14.3 Å². The molecule has 0 saturated carbocycles. The van der Waals surface area contributed by atoms with E-state index in [0.29, 0.717) is 36.7 Å². The van der Waals surface area contributed by atoms with Crippen LogP contribution in [0.15, 0.2) is 48.5 Å². The van der Waals surface area contributed by atoms with E-state index in [-0.39, 0.29) is 5.91 Å². The maximum Gasteiger partial charge on any atom is 0.254 e. The summed E-state index contributed by atoms with van der Waals surface area (Å²) >= 11 is 0. The molecule has 2 N–H and O–H groups in total. The highest BCUT2D eigenvalue weighted by Gasteiger charge is 2.17. The molecule has 0 fully saturated rings. The van der Waals surface area contributed by atoms with Crippen molar-refractivity contribution in [3.63, 3.8) is 0 Å². The lowest BCUT2D eigenvalue weighted by atomic mass is 10.1. The van der Waals surface area contributed by atoms with Crippen molar-refractivity contribution in [2.24, 2.45) is 5.73 Å². The van der Waals surface area contributed by atoms with Gasteiger partial charge in [-0.15, -0.1) is 0 Å². The van der Waals surface area contributed by atoms with Crippen LogP contribution < -0.4 is 15.2 Å². The number of methoxy groups -OCH3 is 2. The number of benzene rings is 2. The number of hydrogen-bond donors (Lipinski definition) is 1. The van der Waals surface area contributed by atoms with Gasteiger partial charge in [0.2, 0.25) is 0 Å². The Morgan fingerprint density at radius 3 is 2.21 bits per heavy atom. The molecule has 2 rings (SSSR count). The third-order valence-electron chi connectivity index (χ3n) is 3.73. The Balaban J connectivity index is 2.26. The zero-order valence-electron chi connectivity index (χ0n) is 14.2. The Morgan fingerprint density at radius 2 is 1.67 bits per heavy atom. The molecule has 5 heteroatoms. The van der Waals surface area contributed by atoms with Crippen LogP contribution in [0.5, 0.6) is 11.5 Å². The lowest BCUT2D eigenvalue weighted by Crippen LogP contribution is -2.32. The van der Waals surface area contributed by atoms with Gasteiger partial charge < -0.3 is 20.1 Å². The molecule has 2 aromatic rings. The first-order chi connectivity index (χ1) is 11.7. The van der Waals surface area contributed by atoms with Crippen LogP contribution in [0.4, 0.5) is 0 Å². The van der Waals surface area contributed by atoms with Crippen molar-refractivity contribution in [2.75, 3.05) is 27.3 Å². The Bertz CT molecular complexity index is 637. The molecule has 0 saturated heterocycles. The predicted octanol–water partition coefficient (Wildman–Crippen LogP) is 2.70. The minimum Gasteiger partial charge on any atom is -0.497 e. The van der Waals surface area contributed by atoms with Gasteiger partial charge >= 0.3 is 0 Å². The summed E-state index contributed by atoms with van der Waals surface area (Å²) in [7, 11) is 3.14. The Labute approximate surface area is 143 Å². The number of carbonyl (C=O) groups is 1. The van der Waals surface area contributed by atoms with Crippen LogP contribution in [0.25, 0.3) is 0 Å². The molecule has 0 heterocycles. The number of hydrogen-bond acceptors (Lipinski definition) is 4. The number of amides is 1. The van der Waals surface area contributed by atoms with Crippen LogP contribution in [-0.4, -0.2) is 38.1 Å². The molecule has 0 aliphatic rings. The van der Waals surface area contributed by atoms with Gasteiger partial charge in [0.15, 0.2) is 0 Å². The SMILES string of the molecule is COc1cc(OC)cc(C(=O)N(CCCN)Cc2ccccc2)c1. The zero-order chi connectivity index (χ0) is 17.4. The smallest absolute Gasteiger partial charge is 0.254 e. The van der Waals surface area contributed by atoms with E-state index in [1.807, 2.05) is 30.3 Å². The van der Waals surface area contributed by atoms with Gasteiger partial charge in [0.25, 0.3) is 5.91 Å². The molecule has 2 aromatic carbocycles. The molecule has 0 spiro atoms. The fraction of sp³-hybridized carbons (Fsp3) is 0.316. The first-order valence-electron chi connectivity index (χ1n) is 7.94. The molecule has 1 amide bonds. The first-order valence-corrected chi connectivity index (χ1v) is 7.94. The van der Waals surface area contributed by atoms with Crippen LogP contribution in [0.2, 0.25) is 0 Å². The van der Waals surface area contributed by atoms with E-state index in [1.54, 1.807) is 37.3 Å². The number of nitrogens with zero attached hydrogens (tertiary/aromatic N) is 1. The summed E-state index contributed by atoms with van der Waals surface area (Å²) in [6.07, 6.45) is 0.750. The molecule has 0 aromatic heterocycles. The van der Waals surface area contributed by atoms with E-state index in [1.165, 1.54) is 0 Å². The van der Waals surface area contributed by atoms with E-state index in [9.17, 15) is 4.79 Å². The molecule has 0 aliphatic carbocycles. The second-order valence-corrected chi connectivity index (χ2v) is 5.46. The summed E-state index contributed by atoms with van der Waals surface area (Å²) in [5.74, 6) is 1.12. The molecule has 5 nitrogen and oxygen atoms in total. The van der Waals surface area contributed by atoms with Crippen molar-refractivity contribution >= 4 is 5.91 Å². The van der Waals surface area contributed by atoms with Crippen LogP contribution in [-0.2, 0) is 6.54 Å². The van der Waals surface area contributed by atoms with Gasteiger partial charge in [-0.1, -0.05) is 30.3 Å². The average Bonchev–Trinajstić information content (AvgIpc) is 2.64. The van der Waals surface area contributed by atoms with Crippen molar-refractivity contribution in [1.82, 2.24) is 4.90 Å². The number of ether oxygens (including phenoxy) is 2. The average molecular weight is 328 g/mol. The summed E-state index contributed by atoms with van der Waals surface area (Å²) in [4.78, 5) is 14.8. The molecule has 24 heavy (non-hydrogen) atoms. The third kappa shape index (κ3) is 4.73. The standard InChI is InChI=1S/C19H24N2O3/c1-23-17-11-16(12-18(13-17)24-2)19(22)21(10-6-9-20)14-15-7-4-3-5-8-15/h3-5,7-8,11-13H,6,9-10,14,20H2,1-2H3. The van der Waals surface area contributed by atoms with Crippen LogP contribution in [0.1, 0.15) is 22.3 Å². The van der Waals surface area contributed by atoms with Crippen molar-refractivity contribution in [3.05, 3.63) is 59.7 Å². The van der Waals surface area contributed by atoms with Gasteiger partial charge in [-0.2, -0.15) is 0 Å². The molecular formula is C19H24N2O3. The van der Waals surface area contributed by atoms with Gasteiger partial charge in [-0.05, 0) is 30.7 Å². The fourth-order valence-corrected chi connectivity index (χ4v) is 2.45. The molecule has 0 bridgehead atoms. The van der Waals surface area contributed by atoms with Gasteiger partial charge in [0, 0.05) is 24.7 Å². The molecule has 0 unspecified atom stereocenters. The van der Waals surface area contributed by atoms with E-state index in [4.69, 9.17) is 15.2 Å². The normalized spacial score (nSPS) is 10.3. The van der Waals surface area contributed by atoms with Crippen molar-refractivity contribution in [1.29, 1.82) is 0 Å². The van der Waals surface area contributed by atoms with Crippen LogP contribution in [0.3, 0.4) is 0 Å². The minimum absolute atomic E-state index is 0.0653. The summed E-state index contributed by atoms with van der Waals surface area (Å²) in [6.45, 7) is 1.68. The topological polar surface area (TPSA) is 64.8 Å². The molecule has 128 valence electrons. The molecule has 0 radical (unpaired) electrons. The quantitative estimate of drug-likeness (QED) is 0.809. The summed E-state index contributed by atoms with van der Waals surface area (Å²) < 4.78 is 10.5. The Kier molecular flexibility index (Phi) is 6.63. The largest absolute Gasteiger partial charge is 0.497 e. The maximum atomic E-state index is 13.0. The monoisotopic (exact) mass is 328 g/mol. The highest BCUT2D eigenvalue weighted by atomic mass is 16.5. The second kappa shape index (κ2) is 8.93. The van der Waals surface area contributed by atoms with Crippen molar-refractivity contribution in [3.8, 4) is 11.5 Å². The van der Waals surface area contributed by atoms with E-state index < -0.39 is 0 Å². The second-order valence-electron chi connectivity index (χ2n) is 5.46. The highest BCUT2D eigenvalue weighted by molar-refractivity contribution is 5.95. The Hall–Kier alpha value is -2.53. The van der Waals surface area contributed by atoms with Gasteiger partial charge in [-0.3, -0.25) is 4.79 Å². The van der Waals surface area contributed by atoms with Gasteiger partial charge in [0.1, 0.15) is 11.5 Å². The first kappa shape index (κ1) is 17.8. The lowest BCUT2D eigenvalue weighted by molar-refractivity contribution is 0.0741. The summed E-state index contributed by atoms with van der Waals surface area (Å²) in [6, 6.07) is 15.1. The van der Waals surface area contributed by atoms with Crippen LogP contribution >= 0.6 is 0 Å². The number of carbonyl (C=O) groups excluding carboxylic acids is 1. The Morgan fingerprint density at radius 1 is 1.04 bits per heavy atom. The van der Waals surface area contributed by atoms with E-state index in [0.717, 1.165) is 12.0 Å². The summed E-state index contributed by atoms with van der Waals surface area (Å²) in [5.41, 5.74) is 7.24. The molecule has 0 aliphatic heterocycles. The third-order valence-corrected chi connectivity index (χ3v) is 3.73. The van der Waals surface area contributed by atoms with E-state index in [2.05, 4.69) is 0 Å². The fourth-order valence-electron chi connectivity index (χ4n) is 2.45.